The normalized spacial score (nSPS) is 21.6. The van der Waals surface area contributed by atoms with Crippen LogP contribution in [0.3, 0.4) is 0 Å². The summed E-state index contributed by atoms with van der Waals surface area (Å²) in [6.07, 6.45) is 6.34. The molecule has 4 heteroatoms. The first-order valence-electron chi connectivity index (χ1n) is 10.7. The fourth-order valence-corrected chi connectivity index (χ4v) is 4.40. The van der Waals surface area contributed by atoms with Crippen molar-refractivity contribution in [3.8, 4) is 0 Å². The summed E-state index contributed by atoms with van der Waals surface area (Å²) in [6, 6.07) is 20.5. The maximum atomic E-state index is 12.2. The Kier molecular flexibility index (Phi) is 6.43. The maximum Gasteiger partial charge on any atom is 0.158 e. The van der Waals surface area contributed by atoms with Gasteiger partial charge in [-0.25, -0.2) is 0 Å². The fourth-order valence-electron chi connectivity index (χ4n) is 4.40. The lowest BCUT2D eigenvalue weighted by Crippen LogP contribution is -2.30. The first-order chi connectivity index (χ1) is 14.7. The topological polar surface area (TPSA) is 58.2 Å². The Hall–Kier alpha value is -3.14. The molecule has 0 radical (unpaired) electrons. The highest BCUT2D eigenvalue weighted by Crippen LogP contribution is 2.31. The molecular formula is C26H28N2O2. The number of ketones is 2. The van der Waals surface area contributed by atoms with E-state index in [-0.39, 0.29) is 23.4 Å². The molecule has 0 aliphatic heterocycles. The van der Waals surface area contributed by atoms with Gasteiger partial charge in [0.05, 0.1) is 0 Å². The maximum absolute atomic E-state index is 12.2. The van der Waals surface area contributed by atoms with Gasteiger partial charge in [0.25, 0.3) is 0 Å². The van der Waals surface area contributed by atoms with E-state index in [1.807, 2.05) is 36.4 Å². The van der Waals surface area contributed by atoms with Gasteiger partial charge >= 0.3 is 0 Å². The lowest BCUT2D eigenvalue weighted by atomic mass is 9.85. The number of carbonyl (C=O) groups is 2. The predicted octanol–water partition coefficient (Wildman–Crippen LogP) is 4.23. The summed E-state index contributed by atoms with van der Waals surface area (Å²) >= 11 is 0. The van der Waals surface area contributed by atoms with Gasteiger partial charge in [0.1, 0.15) is 0 Å². The van der Waals surface area contributed by atoms with E-state index in [0.717, 1.165) is 24.2 Å². The Balaban J connectivity index is 1.27. The molecule has 30 heavy (non-hydrogen) atoms. The average Bonchev–Trinajstić information content (AvgIpc) is 2.77. The molecule has 0 heterocycles. The molecule has 2 unspecified atom stereocenters. The smallest absolute Gasteiger partial charge is 0.158 e. The summed E-state index contributed by atoms with van der Waals surface area (Å²) < 4.78 is 0. The number of rotatable bonds is 7. The molecule has 2 aromatic rings. The third kappa shape index (κ3) is 5.26. The Morgan fingerprint density at radius 3 is 1.40 bits per heavy atom. The third-order valence-electron chi connectivity index (χ3n) is 5.87. The first-order valence-corrected chi connectivity index (χ1v) is 10.7. The minimum absolute atomic E-state index is 0.178. The van der Waals surface area contributed by atoms with E-state index in [0.29, 0.717) is 25.9 Å². The molecule has 2 N–H and O–H groups in total. The summed E-state index contributed by atoms with van der Waals surface area (Å²) in [5.74, 6) is 0.836. The van der Waals surface area contributed by atoms with E-state index in [9.17, 15) is 9.59 Å². The molecule has 0 aromatic heterocycles. The van der Waals surface area contributed by atoms with Crippen molar-refractivity contribution in [1.29, 1.82) is 0 Å². The van der Waals surface area contributed by atoms with Crippen molar-refractivity contribution in [1.82, 2.24) is 10.6 Å². The number of hydrogen-bond acceptors (Lipinski definition) is 4. The molecular weight excluding hydrogens is 372 g/mol. The van der Waals surface area contributed by atoms with Crippen molar-refractivity contribution in [3.05, 3.63) is 95.3 Å². The van der Waals surface area contributed by atoms with Gasteiger partial charge in [-0.15, -0.1) is 0 Å². The van der Waals surface area contributed by atoms with Crippen molar-refractivity contribution in [3.63, 3.8) is 0 Å². The summed E-state index contributed by atoms with van der Waals surface area (Å²) in [6.45, 7) is 1.42. The van der Waals surface area contributed by atoms with Crippen LogP contribution < -0.4 is 10.6 Å². The van der Waals surface area contributed by atoms with Crippen molar-refractivity contribution in [2.75, 3.05) is 13.1 Å². The summed E-state index contributed by atoms with van der Waals surface area (Å²) in [7, 11) is 0. The van der Waals surface area contributed by atoms with Gasteiger partial charge in [-0.3, -0.25) is 9.59 Å². The lowest BCUT2D eigenvalue weighted by Gasteiger charge is -2.25. The number of hydrogen-bond donors (Lipinski definition) is 2. The van der Waals surface area contributed by atoms with E-state index in [4.69, 9.17) is 0 Å². The number of carbonyl (C=O) groups excluding carboxylic acids is 2. The van der Waals surface area contributed by atoms with Crippen LogP contribution in [0, 0.1) is 0 Å². The third-order valence-corrected chi connectivity index (χ3v) is 5.87. The molecule has 154 valence electrons. The zero-order chi connectivity index (χ0) is 20.8. The molecule has 4 nitrogen and oxygen atoms in total. The standard InChI is InChI=1S/C26H28N2O2/c29-25-15-21(19-7-3-1-4-8-19)13-23(17-25)27-11-12-28-24-14-22(16-26(30)18-24)20-9-5-2-6-10-20/h1-10,17-18,21-22,27-28H,11-16H2. The second kappa shape index (κ2) is 9.57. The summed E-state index contributed by atoms with van der Waals surface area (Å²) in [5.41, 5.74) is 4.43. The predicted molar refractivity (Wildman–Crippen MR) is 119 cm³/mol. The fraction of sp³-hybridized carbons (Fsp3) is 0.308. The minimum atomic E-state index is 0.178. The van der Waals surface area contributed by atoms with E-state index in [2.05, 4.69) is 34.9 Å². The first kappa shape index (κ1) is 20.1. The summed E-state index contributed by atoms with van der Waals surface area (Å²) in [4.78, 5) is 24.3. The number of benzene rings is 2. The Bertz CT molecular complexity index is 868. The van der Waals surface area contributed by atoms with E-state index >= 15 is 0 Å². The van der Waals surface area contributed by atoms with Gasteiger partial charge in [0, 0.05) is 49.5 Å². The number of nitrogens with one attached hydrogen (secondary N) is 2. The van der Waals surface area contributed by atoms with Gasteiger partial charge in [0.2, 0.25) is 0 Å². The molecule has 0 bridgehead atoms. The van der Waals surface area contributed by atoms with Crippen LogP contribution in [0.15, 0.2) is 84.2 Å². The van der Waals surface area contributed by atoms with Gasteiger partial charge < -0.3 is 10.6 Å². The Morgan fingerprint density at radius 2 is 1.00 bits per heavy atom. The second-order valence-corrected chi connectivity index (χ2v) is 8.16. The molecule has 0 spiro atoms. The molecule has 0 saturated heterocycles. The second-order valence-electron chi connectivity index (χ2n) is 8.16. The van der Waals surface area contributed by atoms with Gasteiger partial charge in [-0.2, -0.15) is 0 Å². The molecule has 2 atom stereocenters. The van der Waals surface area contributed by atoms with Crippen LogP contribution in [0.1, 0.15) is 48.6 Å². The van der Waals surface area contributed by atoms with Crippen LogP contribution in [0.25, 0.3) is 0 Å². The lowest BCUT2D eigenvalue weighted by molar-refractivity contribution is -0.116. The van der Waals surface area contributed by atoms with E-state index in [1.54, 1.807) is 12.2 Å². The molecule has 0 fully saturated rings. The molecule has 4 rings (SSSR count). The van der Waals surface area contributed by atoms with Gasteiger partial charge in [-0.1, -0.05) is 60.7 Å². The Labute approximate surface area is 178 Å². The zero-order valence-electron chi connectivity index (χ0n) is 17.1. The molecule has 0 amide bonds. The SMILES string of the molecule is O=C1C=C(NCCNC2=CC(=O)CC(c3ccccc3)C2)CC(c2ccccc2)C1. The van der Waals surface area contributed by atoms with Crippen molar-refractivity contribution >= 4 is 11.6 Å². The van der Waals surface area contributed by atoms with Gasteiger partial charge in [-0.05, 0) is 35.8 Å². The van der Waals surface area contributed by atoms with Crippen molar-refractivity contribution < 1.29 is 9.59 Å². The Morgan fingerprint density at radius 1 is 0.600 bits per heavy atom. The molecule has 2 aromatic carbocycles. The van der Waals surface area contributed by atoms with Crippen LogP contribution in [0.2, 0.25) is 0 Å². The largest absolute Gasteiger partial charge is 0.386 e. The van der Waals surface area contributed by atoms with Crippen molar-refractivity contribution in [2.45, 2.75) is 37.5 Å². The zero-order valence-corrected chi connectivity index (χ0v) is 17.1. The highest BCUT2D eigenvalue weighted by atomic mass is 16.1. The highest BCUT2D eigenvalue weighted by molar-refractivity contribution is 5.92. The van der Waals surface area contributed by atoms with Crippen LogP contribution in [-0.4, -0.2) is 24.7 Å². The van der Waals surface area contributed by atoms with Crippen molar-refractivity contribution in [2.24, 2.45) is 0 Å². The summed E-state index contributed by atoms with van der Waals surface area (Å²) in [5, 5.41) is 6.82. The van der Waals surface area contributed by atoms with Crippen LogP contribution in [0.4, 0.5) is 0 Å². The molecule has 2 aliphatic carbocycles. The quantitative estimate of drug-likeness (QED) is 0.683. The number of allylic oxidation sites excluding steroid dienone is 4. The van der Waals surface area contributed by atoms with E-state index < -0.39 is 0 Å². The van der Waals surface area contributed by atoms with Gasteiger partial charge in [0.15, 0.2) is 11.6 Å². The monoisotopic (exact) mass is 400 g/mol. The van der Waals surface area contributed by atoms with Crippen LogP contribution in [-0.2, 0) is 9.59 Å². The minimum Gasteiger partial charge on any atom is -0.386 e. The highest BCUT2D eigenvalue weighted by Gasteiger charge is 2.23. The molecule has 2 aliphatic rings. The van der Waals surface area contributed by atoms with E-state index in [1.165, 1.54) is 11.1 Å². The molecule has 0 saturated carbocycles. The van der Waals surface area contributed by atoms with Crippen LogP contribution in [0.5, 0.6) is 0 Å². The van der Waals surface area contributed by atoms with Crippen LogP contribution >= 0.6 is 0 Å². The average molecular weight is 401 g/mol.